The Bertz CT molecular complexity index is 882. The van der Waals surface area contributed by atoms with Gasteiger partial charge < -0.3 is 9.47 Å². The molecule has 6 heteroatoms. The minimum Gasteiger partial charge on any atom is -0.343 e. The minimum absolute atomic E-state index is 0.0241. The van der Waals surface area contributed by atoms with E-state index < -0.39 is 15.6 Å². The van der Waals surface area contributed by atoms with Crippen LogP contribution in [0.2, 0.25) is 0 Å². The topological polar surface area (TPSA) is 69.7 Å². The Hall–Kier alpha value is -2.02. The van der Waals surface area contributed by atoms with E-state index in [-0.39, 0.29) is 22.9 Å². The number of hydrogen-bond donors (Lipinski definition) is 0. The first-order chi connectivity index (χ1) is 13.4. The maximum atomic E-state index is 12.4. The van der Waals surface area contributed by atoms with Crippen molar-refractivity contribution in [2.45, 2.75) is 43.3 Å². The molecular weight excluding hydrogens is 376 g/mol. The van der Waals surface area contributed by atoms with Crippen molar-refractivity contribution in [3.63, 3.8) is 0 Å². The maximum absolute atomic E-state index is 12.4. The van der Waals surface area contributed by atoms with E-state index in [0.717, 1.165) is 11.1 Å². The normalized spacial score (nSPS) is 16.2. The van der Waals surface area contributed by atoms with Crippen molar-refractivity contribution in [1.29, 1.82) is 0 Å². The fraction of sp³-hybridized carbons (Fsp3) is 0.409. The Balaban J connectivity index is 1.51. The second kappa shape index (κ2) is 8.99. The van der Waals surface area contributed by atoms with Crippen LogP contribution in [0.1, 0.15) is 36.8 Å². The summed E-state index contributed by atoms with van der Waals surface area (Å²) in [7, 11) is -3.44. The lowest BCUT2D eigenvalue weighted by Gasteiger charge is -2.27. The summed E-state index contributed by atoms with van der Waals surface area (Å²) in [4.78, 5) is 12.5. The minimum atomic E-state index is -3.44. The average Bonchev–Trinajstić information content (AvgIpc) is 3.18. The summed E-state index contributed by atoms with van der Waals surface area (Å²) in [5.74, 6) is -1.02. The van der Waals surface area contributed by atoms with Gasteiger partial charge >= 0.3 is 0 Å². The quantitative estimate of drug-likeness (QED) is 0.638. The van der Waals surface area contributed by atoms with Crippen LogP contribution in [-0.2, 0) is 29.9 Å². The smallest absolute Gasteiger partial charge is 0.194 e. The molecule has 2 aromatic carbocycles. The van der Waals surface area contributed by atoms with Crippen molar-refractivity contribution in [1.82, 2.24) is 0 Å². The van der Waals surface area contributed by atoms with Gasteiger partial charge in [0.2, 0.25) is 0 Å². The highest BCUT2D eigenvalue weighted by atomic mass is 32.2. The number of carbonyl (C=O) groups is 1. The Morgan fingerprint density at radius 3 is 2.25 bits per heavy atom. The first-order valence-electron chi connectivity index (χ1n) is 9.56. The summed E-state index contributed by atoms with van der Waals surface area (Å²) < 4.78 is 36.5. The third-order valence-corrected chi connectivity index (χ3v) is 6.69. The molecule has 1 heterocycles. The van der Waals surface area contributed by atoms with Gasteiger partial charge in [0, 0.05) is 24.8 Å². The van der Waals surface area contributed by atoms with E-state index in [9.17, 15) is 13.2 Å². The highest BCUT2D eigenvalue weighted by Crippen LogP contribution is 2.36. The summed E-state index contributed by atoms with van der Waals surface area (Å²) in [6, 6.07) is 16.4. The van der Waals surface area contributed by atoms with Crippen LogP contribution in [0, 0.1) is 6.92 Å². The summed E-state index contributed by atoms with van der Waals surface area (Å²) in [5, 5.41) is 0. The molecule has 3 rings (SSSR count). The number of ketones is 1. The van der Waals surface area contributed by atoms with E-state index in [2.05, 4.69) is 0 Å². The fourth-order valence-electron chi connectivity index (χ4n) is 3.36. The lowest BCUT2D eigenvalue weighted by atomic mass is 9.98. The molecule has 1 saturated heterocycles. The number of benzene rings is 2. The lowest BCUT2D eigenvalue weighted by molar-refractivity contribution is -0.171. The summed E-state index contributed by atoms with van der Waals surface area (Å²) in [5.41, 5.74) is 1.95. The Morgan fingerprint density at radius 1 is 0.964 bits per heavy atom. The lowest BCUT2D eigenvalue weighted by Crippen LogP contribution is -2.27. The molecular formula is C22H26O5S. The summed E-state index contributed by atoms with van der Waals surface area (Å²) in [6.45, 7) is 2.95. The monoisotopic (exact) mass is 402 g/mol. The Labute approximate surface area is 166 Å². The zero-order valence-electron chi connectivity index (χ0n) is 16.1. The van der Waals surface area contributed by atoms with E-state index in [0.29, 0.717) is 32.5 Å². The van der Waals surface area contributed by atoms with Gasteiger partial charge in [-0.2, -0.15) is 0 Å². The van der Waals surface area contributed by atoms with Gasteiger partial charge in [-0.1, -0.05) is 48.0 Å². The second-order valence-corrected chi connectivity index (χ2v) is 9.20. The predicted molar refractivity (Wildman–Crippen MR) is 107 cm³/mol. The van der Waals surface area contributed by atoms with Gasteiger partial charge in [0.05, 0.1) is 23.9 Å². The number of Topliss-reactive ketones (excluding diaryl/α,β-unsaturated/α-hetero) is 1. The average molecular weight is 403 g/mol. The molecule has 0 amide bonds. The van der Waals surface area contributed by atoms with E-state index in [1.54, 1.807) is 24.3 Å². The molecule has 0 aromatic heterocycles. The van der Waals surface area contributed by atoms with Crippen LogP contribution in [-0.4, -0.2) is 33.2 Å². The number of ether oxygens (including phenoxy) is 2. The van der Waals surface area contributed by atoms with E-state index in [4.69, 9.17) is 9.47 Å². The maximum Gasteiger partial charge on any atom is 0.194 e. The summed E-state index contributed by atoms with van der Waals surface area (Å²) >= 11 is 0. The second-order valence-electron chi connectivity index (χ2n) is 7.09. The first-order valence-corrected chi connectivity index (χ1v) is 11.2. The standard InChI is InChI=1S/C22H26O5S/c1-18-9-11-21(12-10-18)28(24,25)17-13-20(23)8-5-14-22(26-15-16-27-22)19-6-3-2-4-7-19/h2-4,6-7,9-12H,5,8,13-17H2,1H3. The van der Waals surface area contributed by atoms with Crippen molar-refractivity contribution < 1.29 is 22.7 Å². The highest BCUT2D eigenvalue weighted by Gasteiger charge is 2.37. The largest absolute Gasteiger partial charge is 0.343 e. The van der Waals surface area contributed by atoms with Gasteiger partial charge in [-0.3, -0.25) is 4.79 Å². The van der Waals surface area contributed by atoms with Crippen molar-refractivity contribution >= 4 is 15.6 Å². The number of carbonyl (C=O) groups excluding carboxylic acids is 1. The molecule has 1 aliphatic heterocycles. The van der Waals surface area contributed by atoms with Crippen molar-refractivity contribution in [2.24, 2.45) is 0 Å². The number of sulfone groups is 1. The Kier molecular flexibility index (Phi) is 6.65. The van der Waals surface area contributed by atoms with E-state index >= 15 is 0 Å². The number of hydrogen-bond acceptors (Lipinski definition) is 5. The molecule has 0 unspecified atom stereocenters. The molecule has 28 heavy (non-hydrogen) atoms. The molecule has 0 aliphatic carbocycles. The SMILES string of the molecule is Cc1ccc(S(=O)(=O)CCC(=O)CCCC2(c3ccccc3)OCCO2)cc1. The molecule has 0 N–H and O–H groups in total. The van der Waals surface area contributed by atoms with Crippen LogP contribution >= 0.6 is 0 Å². The molecule has 5 nitrogen and oxygen atoms in total. The highest BCUT2D eigenvalue weighted by molar-refractivity contribution is 7.91. The van der Waals surface area contributed by atoms with Gasteiger partial charge in [-0.05, 0) is 25.5 Å². The molecule has 0 radical (unpaired) electrons. The zero-order chi connectivity index (χ0) is 20.0. The third-order valence-electron chi connectivity index (χ3n) is 4.96. The van der Waals surface area contributed by atoms with Gasteiger partial charge in [0.25, 0.3) is 0 Å². The molecule has 0 spiro atoms. The van der Waals surface area contributed by atoms with E-state index in [1.807, 2.05) is 37.3 Å². The number of aryl methyl sites for hydroxylation is 1. The molecule has 2 aromatic rings. The molecule has 1 fully saturated rings. The van der Waals surface area contributed by atoms with Gasteiger partial charge in [-0.15, -0.1) is 0 Å². The molecule has 1 aliphatic rings. The third kappa shape index (κ3) is 5.07. The fourth-order valence-corrected chi connectivity index (χ4v) is 4.64. The zero-order valence-corrected chi connectivity index (χ0v) is 16.9. The Morgan fingerprint density at radius 2 is 1.61 bits per heavy atom. The molecule has 0 saturated carbocycles. The molecule has 150 valence electrons. The van der Waals surface area contributed by atoms with Crippen LogP contribution in [0.3, 0.4) is 0 Å². The number of rotatable bonds is 9. The van der Waals surface area contributed by atoms with Gasteiger partial charge in [0.15, 0.2) is 15.6 Å². The van der Waals surface area contributed by atoms with Crippen molar-refractivity contribution in [3.8, 4) is 0 Å². The van der Waals surface area contributed by atoms with Crippen molar-refractivity contribution in [3.05, 3.63) is 65.7 Å². The van der Waals surface area contributed by atoms with Crippen LogP contribution in [0.4, 0.5) is 0 Å². The summed E-state index contributed by atoms with van der Waals surface area (Å²) in [6.07, 6.45) is 1.48. The van der Waals surface area contributed by atoms with Crippen LogP contribution in [0.5, 0.6) is 0 Å². The predicted octanol–water partition coefficient (Wildman–Crippen LogP) is 3.80. The first kappa shape index (κ1) is 20.7. The molecule has 0 bridgehead atoms. The van der Waals surface area contributed by atoms with Crippen LogP contribution in [0.15, 0.2) is 59.5 Å². The molecule has 0 atom stereocenters. The van der Waals surface area contributed by atoms with E-state index in [1.165, 1.54) is 0 Å². The van der Waals surface area contributed by atoms with Gasteiger partial charge in [-0.25, -0.2) is 8.42 Å². The van der Waals surface area contributed by atoms with Gasteiger partial charge in [0.1, 0.15) is 5.78 Å². The van der Waals surface area contributed by atoms with Crippen LogP contribution < -0.4 is 0 Å². The van der Waals surface area contributed by atoms with Crippen molar-refractivity contribution in [2.75, 3.05) is 19.0 Å². The van der Waals surface area contributed by atoms with Crippen LogP contribution in [0.25, 0.3) is 0 Å².